The summed E-state index contributed by atoms with van der Waals surface area (Å²) in [4.78, 5) is 29.5. The van der Waals surface area contributed by atoms with Gasteiger partial charge in [-0.15, -0.1) is 0 Å². The summed E-state index contributed by atoms with van der Waals surface area (Å²) in [6, 6.07) is 14.7. The molecule has 3 aromatic rings. The molecule has 0 aromatic heterocycles. The van der Waals surface area contributed by atoms with Crippen LogP contribution in [0.5, 0.6) is 11.5 Å². The minimum absolute atomic E-state index is 0.00335. The molecule has 43 heavy (non-hydrogen) atoms. The molecule has 11 nitrogen and oxygen atoms in total. The molecule has 3 atom stereocenters. The van der Waals surface area contributed by atoms with Crippen LogP contribution in [-0.4, -0.2) is 81.3 Å². The largest absolute Gasteiger partial charge is 0.497 e. The summed E-state index contributed by atoms with van der Waals surface area (Å²) in [6.45, 7) is 3.53. The molecule has 0 fully saturated rings. The third-order valence-electron chi connectivity index (χ3n) is 7.20. The predicted octanol–water partition coefficient (Wildman–Crippen LogP) is 4.02. The standard InChI is InChI=1S/C30H35FN4O7S/c1-19-16-35(20(2)18-36)29(37)25-6-5-7-26(33-43(39,40)24-14-12-23(41-4)13-15-24)28(25)42-27(19)17-34(3)30(38)32-22-10-8-21(31)9-11-22/h5-15,19-20,27,33,36H,16-18H2,1-4H3,(H,32,38)/t19-,20-,27-/m0/s1. The number of hydrogen-bond donors (Lipinski definition) is 3. The zero-order chi connectivity index (χ0) is 31.3. The predicted molar refractivity (Wildman–Crippen MR) is 159 cm³/mol. The summed E-state index contributed by atoms with van der Waals surface area (Å²) in [5.74, 6) is -0.728. The quantitative estimate of drug-likeness (QED) is 0.331. The molecule has 0 bridgehead atoms. The number of benzene rings is 3. The fraction of sp³-hybridized carbons (Fsp3) is 0.333. The Bertz CT molecular complexity index is 1550. The second kappa shape index (κ2) is 13.3. The Labute approximate surface area is 250 Å². The number of urea groups is 1. The Hall–Kier alpha value is -4.36. The van der Waals surface area contributed by atoms with Crippen molar-refractivity contribution in [3.63, 3.8) is 0 Å². The minimum Gasteiger partial charge on any atom is -0.497 e. The number of aliphatic hydroxyl groups excluding tert-OH is 1. The molecule has 1 heterocycles. The summed E-state index contributed by atoms with van der Waals surface area (Å²) < 4.78 is 54.0. The molecule has 0 saturated carbocycles. The van der Waals surface area contributed by atoms with Gasteiger partial charge in [0, 0.05) is 25.2 Å². The molecule has 0 spiro atoms. The van der Waals surface area contributed by atoms with Crippen molar-refractivity contribution in [2.24, 2.45) is 5.92 Å². The lowest BCUT2D eigenvalue weighted by Crippen LogP contribution is -2.50. The first-order valence-corrected chi connectivity index (χ1v) is 15.1. The van der Waals surface area contributed by atoms with Crippen molar-refractivity contribution < 1.29 is 37.0 Å². The van der Waals surface area contributed by atoms with E-state index < -0.39 is 39.9 Å². The molecule has 0 radical (unpaired) electrons. The molecule has 13 heteroatoms. The van der Waals surface area contributed by atoms with Gasteiger partial charge in [-0.25, -0.2) is 17.6 Å². The van der Waals surface area contributed by atoms with Crippen LogP contribution in [0.25, 0.3) is 0 Å². The molecule has 0 saturated heterocycles. The SMILES string of the molecule is COc1ccc(S(=O)(=O)Nc2cccc3c2O[C@@H](CN(C)C(=O)Nc2ccc(F)cc2)[C@@H](C)CN([C@@H](C)CO)C3=O)cc1. The lowest BCUT2D eigenvalue weighted by Gasteiger charge is -2.38. The van der Waals surface area contributed by atoms with Crippen LogP contribution in [0.15, 0.2) is 71.6 Å². The first kappa shape index (κ1) is 31.6. The number of sulfonamides is 1. The molecule has 1 aliphatic rings. The molecular formula is C30H35FN4O7S. The Morgan fingerprint density at radius 1 is 1.16 bits per heavy atom. The number of anilines is 2. The monoisotopic (exact) mass is 614 g/mol. The maximum atomic E-state index is 13.7. The first-order chi connectivity index (χ1) is 20.4. The van der Waals surface area contributed by atoms with E-state index in [1.807, 2.05) is 6.92 Å². The number of carbonyl (C=O) groups excluding carboxylic acids is 2. The van der Waals surface area contributed by atoms with E-state index in [2.05, 4.69) is 10.0 Å². The van der Waals surface area contributed by atoms with Crippen LogP contribution >= 0.6 is 0 Å². The van der Waals surface area contributed by atoms with Crippen molar-refractivity contribution in [2.75, 3.05) is 43.9 Å². The third-order valence-corrected chi connectivity index (χ3v) is 8.58. The molecule has 1 aliphatic heterocycles. The summed E-state index contributed by atoms with van der Waals surface area (Å²) in [5, 5.41) is 12.6. The van der Waals surface area contributed by atoms with E-state index in [0.29, 0.717) is 11.4 Å². The Balaban J connectivity index is 1.68. The van der Waals surface area contributed by atoms with E-state index in [-0.39, 0.29) is 47.5 Å². The Kier molecular flexibility index (Phi) is 9.77. The van der Waals surface area contributed by atoms with Crippen LogP contribution < -0.4 is 19.5 Å². The number of halogens is 1. The van der Waals surface area contributed by atoms with Crippen LogP contribution in [0, 0.1) is 11.7 Å². The van der Waals surface area contributed by atoms with E-state index in [1.165, 1.54) is 83.6 Å². The van der Waals surface area contributed by atoms with E-state index in [0.717, 1.165) is 0 Å². The van der Waals surface area contributed by atoms with Crippen molar-refractivity contribution >= 4 is 33.3 Å². The van der Waals surface area contributed by atoms with E-state index in [1.54, 1.807) is 14.0 Å². The number of methoxy groups -OCH3 is 1. The van der Waals surface area contributed by atoms with Crippen molar-refractivity contribution in [1.82, 2.24) is 9.80 Å². The van der Waals surface area contributed by atoms with Gasteiger partial charge in [0.1, 0.15) is 17.7 Å². The maximum Gasteiger partial charge on any atom is 0.321 e. The summed E-state index contributed by atoms with van der Waals surface area (Å²) >= 11 is 0. The van der Waals surface area contributed by atoms with Gasteiger partial charge in [-0.2, -0.15) is 0 Å². The summed E-state index contributed by atoms with van der Waals surface area (Å²) in [6.07, 6.45) is -0.698. The van der Waals surface area contributed by atoms with E-state index in [9.17, 15) is 27.5 Å². The van der Waals surface area contributed by atoms with Gasteiger partial charge in [0.15, 0.2) is 5.75 Å². The van der Waals surface area contributed by atoms with Gasteiger partial charge in [0.05, 0.1) is 42.4 Å². The number of rotatable bonds is 9. The van der Waals surface area contributed by atoms with Crippen molar-refractivity contribution in [1.29, 1.82) is 0 Å². The third kappa shape index (κ3) is 7.35. The number of ether oxygens (including phenoxy) is 2. The van der Waals surface area contributed by atoms with Gasteiger partial charge in [0.2, 0.25) is 0 Å². The van der Waals surface area contributed by atoms with Gasteiger partial charge in [-0.1, -0.05) is 13.0 Å². The van der Waals surface area contributed by atoms with Gasteiger partial charge < -0.3 is 29.7 Å². The maximum absolute atomic E-state index is 13.7. The highest BCUT2D eigenvalue weighted by Crippen LogP contribution is 2.36. The zero-order valence-electron chi connectivity index (χ0n) is 24.3. The Morgan fingerprint density at radius 3 is 2.47 bits per heavy atom. The molecule has 3 N–H and O–H groups in total. The van der Waals surface area contributed by atoms with Crippen molar-refractivity contribution in [3.05, 3.63) is 78.1 Å². The second-order valence-electron chi connectivity index (χ2n) is 10.4. The van der Waals surface area contributed by atoms with Gasteiger partial charge in [0.25, 0.3) is 15.9 Å². The highest BCUT2D eigenvalue weighted by atomic mass is 32.2. The molecule has 3 aromatic carbocycles. The lowest BCUT2D eigenvalue weighted by molar-refractivity contribution is 0.0373. The minimum atomic E-state index is -4.10. The summed E-state index contributed by atoms with van der Waals surface area (Å²) in [7, 11) is -1.07. The van der Waals surface area contributed by atoms with Crippen LogP contribution in [0.4, 0.5) is 20.6 Å². The zero-order valence-corrected chi connectivity index (χ0v) is 25.1. The van der Waals surface area contributed by atoms with Crippen LogP contribution in [0.2, 0.25) is 0 Å². The molecule has 230 valence electrons. The van der Waals surface area contributed by atoms with Gasteiger partial charge >= 0.3 is 6.03 Å². The van der Waals surface area contributed by atoms with E-state index in [4.69, 9.17) is 9.47 Å². The highest BCUT2D eigenvalue weighted by molar-refractivity contribution is 7.92. The topological polar surface area (TPSA) is 138 Å². The molecule has 0 aliphatic carbocycles. The van der Waals surface area contributed by atoms with Crippen LogP contribution in [-0.2, 0) is 10.0 Å². The number of aliphatic hydroxyl groups is 1. The van der Waals surface area contributed by atoms with E-state index >= 15 is 0 Å². The Morgan fingerprint density at radius 2 is 1.84 bits per heavy atom. The number of fused-ring (bicyclic) bond motifs is 1. The molecule has 0 unspecified atom stereocenters. The fourth-order valence-electron chi connectivity index (χ4n) is 4.61. The highest BCUT2D eigenvalue weighted by Gasteiger charge is 2.35. The average molecular weight is 615 g/mol. The number of hydrogen-bond acceptors (Lipinski definition) is 7. The number of nitrogens with zero attached hydrogens (tertiary/aromatic N) is 2. The number of nitrogens with one attached hydrogen (secondary N) is 2. The van der Waals surface area contributed by atoms with Crippen molar-refractivity contribution in [2.45, 2.75) is 30.9 Å². The first-order valence-electron chi connectivity index (χ1n) is 13.6. The van der Waals surface area contributed by atoms with Gasteiger partial charge in [-0.05, 0) is 67.6 Å². The van der Waals surface area contributed by atoms with Crippen molar-refractivity contribution in [3.8, 4) is 11.5 Å². The number of para-hydroxylation sites is 1. The number of likely N-dealkylation sites (N-methyl/N-ethyl adjacent to an activating group) is 1. The summed E-state index contributed by atoms with van der Waals surface area (Å²) in [5.41, 5.74) is 0.542. The second-order valence-corrected chi connectivity index (χ2v) is 12.1. The number of amides is 3. The fourth-order valence-corrected chi connectivity index (χ4v) is 5.67. The van der Waals surface area contributed by atoms with Crippen LogP contribution in [0.3, 0.4) is 0 Å². The van der Waals surface area contributed by atoms with Gasteiger partial charge in [-0.3, -0.25) is 9.52 Å². The number of carbonyl (C=O) groups is 2. The average Bonchev–Trinajstić information content (AvgIpc) is 2.99. The normalized spacial score (nSPS) is 17.5. The molecular weight excluding hydrogens is 579 g/mol. The molecule has 3 amide bonds. The smallest absolute Gasteiger partial charge is 0.321 e. The lowest BCUT2D eigenvalue weighted by atomic mass is 9.99. The molecule has 4 rings (SSSR count). The van der Waals surface area contributed by atoms with Crippen LogP contribution in [0.1, 0.15) is 24.2 Å².